The van der Waals surface area contributed by atoms with Crippen LogP contribution < -0.4 is 4.74 Å². The molecule has 0 amide bonds. The molecule has 37 heavy (non-hydrogen) atoms. The predicted octanol–water partition coefficient (Wildman–Crippen LogP) is 7.12. The molecular formula is C32H34O5. The van der Waals surface area contributed by atoms with Gasteiger partial charge >= 0.3 is 11.9 Å². The molecule has 1 unspecified atom stereocenters. The molecule has 3 rings (SSSR count). The van der Waals surface area contributed by atoms with Gasteiger partial charge < -0.3 is 14.2 Å². The number of esters is 2. The summed E-state index contributed by atoms with van der Waals surface area (Å²) in [7, 11) is 0. The molecule has 0 saturated carbocycles. The first-order valence-electron chi connectivity index (χ1n) is 12.3. The smallest absolute Gasteiger partial charge is 0.338 e. The van der Waals surface area contributed by atoms with Crippen molar-refractivity contribution in [1.29, 1.82) is 0 Å². The van der Waals surface area contributed by atoms with Crippen molar-refractivity contribution in [3.63, 3.8) is 0 Å². The highest BCUT2D eigenvalue weighted by molar-refractivity contribution is 5.89. The molecule has 0 spiro atoms. The van der Waals surface area contributed by atoms with Gasteiger partial charge in [0.05, 0.1) is 12.7 Å². The number of rotatable bonds is 10. The molecule has 5 nitrogen and oxygen atoms in total. The summed E-state index contributed by atoms with van der Waals surface area (Å²) in [4.78, 5) is 23.5. The second-order valence-electron chi connectivity index (χ2n) is 9.03. The van der Waals surface area contributed by atoms with E-state index in [0.717, 1.165) is 29.6 Å². The highest BCUT2D eigenvalue weighted by Crippen LogP contribution is 2.33. The van der Waals surface area contributed by atoms with Crippen LogP contribution in [-0.4, -0.2) is 24.6 Å². The fourth-order valence-corrected chi connectivity index (χ4v) is 3.74. The average molecular weight is 499 g/mol. The van der Waals surface area contributed by atoms with Crippen molar-refractivity contribution < 1.29 is 23.8 Å². The lowest BCUT2D eigenvalue weighted by Crippen LogP contribution is -2.21. The second kappa shape index (κ2) is 13.4. The van der Waals surface area contributed by atoms with Crippen LogP contribution in [0.2, 0.25) is 0 Å². The molecule has 1 atom stereocenters. The Morgan fingerprint density at radius 2 is 1.62 bits per heavy atom. The third-order valence-corrected chi connectivity index (χ3v) is 5.86. The second-order valence-corrected chi connectivity index (χ2v) is 9.03. The molecule has 0 bridgehead atoms. The minimum absolute atomic E-state index is 0.0797. The lowest BCUT2D eigenvalue weighted by molar-refractivity contribution is -0.135. The van der Waals surface area contributed by atoms with E-state index >= 15 is 0 Å². The van der Waals surface area contributed by atoms with Gasteiger partial charge in [-0.1, -0.05) is 67.8 Å². The van der Waals surface area contributed by atoms with Crippen molar-refractivity contribution >= 4 is 18.0 Å². The van der Waals surface area contributed by atoms with Crippen molar-refractivity contribution in [3.05, 3.63) is 119 Å². The summed E-state index contributed by atoms with van der Waals surface area (Å²) in [6.45, 7) is 13.0. The molecule has 0 aromatic heterocycles. The summed E-state index contributed by atoms with van der Waals surface area (Å²) < 4.78 is 16.9. The Morgan fingerprint density at radius 1 is 0.919 bits per heavy atom. The first kappa shape index (κ1) is 27.6. The van der Waals surface area contributed by atoms with Crippen molar-refractivity contribution in [3.8, 4) is 5.75 Å². The van der Waals surface area contributed by atoms with E-state index in [1.54, 1.807) is 26.0 Å². The number of carbonyl (C=O) groups is 2. The number of allylic oxidation sites excluding steroid dienone is 7. The van der Waals surface area contributed by atoms with Crippen LogP contribution >= 0.6 is 0 Å². The Labute approximate surface area is 219 Å². The van der Waals surface area contributed by atoms with E-state index in [1.807, 2.05) is 49.4 Å². The Balaban J connectivity index is 1.73. The summed E-state index contributed by atoms with van der Waals surface area (Å²) in [5, 5.41) is 0. The van der Waals surface area contributed by atoms with Crippen LogP contribution in [0.4, 0.5) is 0 Å². The van der Waals surface area contributed by atoms with Crippen LogP contribution in [0.3, 0.4) is 0 Å². The monoisotopic (exact) mass is 498 g/mol. The van der Waals surface area contributed by atoms with E-state index in [9.17, 15) is 9.59 Å². The number of carbonyl (C=O) groups excluding carboxylic acids is 2. The number of hydrogen-bond donors (Lipinski definition) is 0. The molecule has 2 aliphatic rings. The molecule has 0 N–H and O–H groups in total. The van der Waals surface area contributed by atoms with Crippen molar-refractivity contribution in [2.75, 3.05) is 6.61 Å². The molecule has 0 fully saturated rings. The standard InChI is InChI=1S/C32H34O5/c1-6-7-20-35-30-21-25(9-8-24-10-15-27(16-11-24)36-31(33)22(2)3)12-19-29(30)26-13-17-28(18-14-26)37-32(34)23(4)5/h6-13,15-17,19,30H,2,4,14,18,20-21H2,1,3,5H3/b7-6+,9-8+. The third kappa shape index (κ3) is 8.29. The Kier molecular flexibility index (Phi) is 9.99. The summed E-state index contributed by atoms with van der Waals surface area (Å²) in [6, 6.07) is 7.34. The van der Waals surface area contributed by atoms with E-state index in [1.165, 1.54) is 5.57 Å². The van der Waals surface area contributed by atoms with Crippen LogP contribution in [-0.2, 0) is 19.1 Å². The van der Waals surface area contributed by atoms with Gasteiger partial charge in [-0.2, -0.15) is 0 Å². The maximum Gasteiger partial charge on any atom is 0.338 e. The lowest BCUT2D eigenvalue weighted by Gasteiger charge is -2.27. The predicted molar refractivity (Wildman–Crippen MR) is 148 cm³/mol. The molecule has 0 saturated heterocycles. The molecule has 5 heteroatoms. The Bertz CT molecular complexity index is 1230. The fraction of sp³-hybridized carbons (Fsp3) is 0.250. The van der Waals surface area contributed by atoms with Gasteiger partial charge in [-0.25, -0.2) is 9.59 Å². The topological polar surface area (TPSA) is 61.8 Å². The third-order valence-electron chi connectivity index (χ3n) is 5.86. The van der Waals surface area contributed by atoms with Gasteiger partial charge in [0.25, 0.3) is 0 Å². The number of benzene rings is 1. The lowest BCUT2D eigenvalue weighted by atomic mass is 9.86. The van der Waals surface area contributed by atoms with E-state index in [2.05, 4.69) is 31.4 Å². The Hall–Kier alpha value is -3.96. The van der Waals surface area contributed by atoms with Gasteiger partial charge in [-0.05, 0) is 67.7 Å². The maximum atomic E-state index is 11.8. The molecule has 0 heterocycles. The first-order valence-corrected chi connectivity index (χ1v) is 12.3. The zero-order chi connectivity index (χ0) is 26.8. The van der Waals surface area contributed by atoms with E-state index in [0.29, 0.717) is 35.7 Å². The van der Waals surface area contributed by atoms with E-state index in [-0.39, 0.29) is 6.10 Å². The van der Waals surface area contributed by atoms with Gasteiger partial charge in [0.2, 0.25) is 0 Å². The average Bonchev–Trinajstić information content (AvgIpc) is 2.89. The summed E-state index contributed by atoms with van der Waals surface area (Å²) in [6.07, 6.45) is 18.3. The molecule has 2 aliphatic carbocycles. The normalized spacial score (nSPS) is 17.5. The van der Waals surface area contributed by atoms with Crippen LogP contribution in [0.15, 0.2) is 114 Å². The zero-order valence-electron chi connectivity index (χ0n) is 21.8. The van der Waals surface area contributed by atoms with Crippen molar-refractivity contribution in [2.45, 2.75) is 46.1 Å². The SMILES string of the molecule is C=C(C)C(=O)OC1=CC=C(C2=CC=C(/C=C/c3ccc(OC(=O)C(=C)C)cc3)CC2OC/C=C/C)CC1. The van der Waals surface area contributed by atoms with Gasteiger partial charge in [0.1, 0.15) is 11.5 Å². The van der Waals surface area contributed by atoms with Gasteiger partial charge in [0, 0.05) is 24.0 Å². The van der Waals surface area contributed by atoms with E-state index in [4.69, 9.17) is 14.2 Å². The molecule has 1 aromatic rings. The molecule has 192 valence electrons. The minimum Gasteiger partial charge on any atom is -0.428 e. The van der Waals surface area contributed by atoms with E-state index < -0.39 is 11.9 Å². The Morgan fingerprint density at radius 3 is 2.24 bits per heavy atom. The first-order chi connectivity index (χ1) is 17.8. The minimum atomic E-state index is -0.435. The van der Waals surface area contributed by atoms with Crippen LogP contribution in [0.1, 0.15) is 45.6 Å². The summed E-state index contributed by atoms with van der Waals surface area (Å²) in [5.41, 5.74) is 5.21. The van der Waals surface area contributed by atoms with Gasteiger partial charge in [-0.15, -0.1) is 0 Å². The number of ether oxygens (including phenoxy) is 3. The molecule has 0 radical (unpaired) electrons. The number of hydrogen-bond acceptors (Lipinski definition) is 5. The van der Waals surface area contributed by atoms with Crippen LogP contribution in [0, 0.1) is 0 Å². The van der Waals surface area contributed by atoms with Crippen LogP contribution in [0.25, 0.3) is 6.08 Å². The van der Waals surface area contributed by atoms with Crippen LogP contribution in [0.5, 0.6) is 5.75 Å². The van der Waals surface area contributed by atoms with Gasteiger partial charge in [0.15, 0.2) is 0 Å². The molecule has 1 aromatic carbocycles. The zero-order valence-corrected chi connectivity index (χ0v) is 21.8. The highest BCUT2D eigenvalue weighted by Gasteiger charge is 2.23. The summed E-state index contributed by atoms with van der Waals surface area (Å²) >= 11 is 0. The maximum absolute atomic E-state index is 11.8. The quantitative estimate of drug-likeness (QED) is 0.149. The van der Waals surface area contributed by atoms with Gasteiger partial charge in [-0.3, -0.25) is 0 Å². The molecule has 0 aliphatic heterocycles. The van der Waals surface area contributed by atoms with Crippen molar-refractivity contribution in [1.82, 2.24) is 0 Å². The van der Waals surface area contributed by atoms with Crippen molar-refractivity contribution in [2.24, 2.45) is 0 Å². The highest BCUT2D eigenvalue weighted by atomic mass is 16.5. The molecular weight excluding hydrogens is 464 g/mol. The summed E-state index contributed by atoms with van der Waals surface area (Å²) in [5.74, 6) is 0.308. The fourth-order valence-electron chi connectivity index (χ4n) is 3.74. The largest absolute Gasteiger partial charge is 0.428 e.